The molecule has 238 valence electrons. The van der Waals surface area contributed by atoms with Gasteiger partial charge in [-0.05, 0) is 88.7 Å². The fourth-order valence-corrected chi connectivity index (χ4v) is 7.94. The van der Waals surface area contributed by atoms with Gasteiger partial charge in [0, 0.05) is 45.6 Å². The number of carbonyl (C=O) groups is 4. The summed E-state index contributed by atoms with van der Waals surface area (Å²) in [5.41, 5.74) is 2.14. The molecule has 0 atom stereocenters. The first-order valence-corrected chi connectivity index (χ1v) is 17.1. The summed E-state index contributed by atoms with van der Waals surface area (Å²) in [5, 5.41) is 6.71. The minimum atomic E-state index is -0.276. The molecular formula is C41H40N2O4. The van der Waals surface area contributed by atoms with Crippen molar-refractivity contribution in [2.24, 2.45) is 0 Å². The van der Waals surface area contributed by atoms with Crippen molar-refractivity contribution in [3.63, 3.8) is 0 Å². The third-order valence-corrected chi connectivity index (χ3v) is 10.3. The van der Waals surface area contributed by atoms with Crippen molar-refractivity contribution in [2.75, 3.05) is 6.54 Å². The number of unbranched alkanes of at least 4 members (excludes halogenated alkanes) is 5. The average Bonchev–Trinajstić information content (AvgIpc) is 3.09. The van der Waals surface area contributed by atoms with Crippen LogP contribution in [0, 0.1) is 0 Å². The zero-order valence-corrected chi connectivity index (χ0v) is 27.1. The van der Waals surface area contributed by atoms with Gasteiger partial charge < -0.3 is 0 Å². The Hall–Kier alpha value is -4.84. The first kappa shape index (κ1) is 30.8. The highest BCUT2D eigenvalue weighted by Crippen LogP contribution is 2.46. The Balaban J connectivity index is 1.34. The molecule has 0 aromatic heterocycles. The van der Waals surface area contributed by atoms with Gasteiger partial charge in [-0.3, -0.25) is 29.0 Å². The molecule has 0 N–H and O–H groups in total. The van der Waals surface area contributed by atoms with Gasteiger partial charge in [-0.1, -0.05) is 75.4 Å². The van der Waals surface area contributed by atoms with E-state index >= 15 is 0 Å². The number of nitrogens with zero attached hydrogens (tertiary/aromatic N) is 2. The predicted molar refractivity (Wildman–Crippen MR) is 190 cm³/mol. The molecule has 0 bridgehead atoms. The molecule has 2 aliphatic heterocycles. The van der Waals surface area contributed by atoms with E-state index in [9.17, 15) is 19.2 Å². The quantitative estimate of drug-likeness (QED) is 0.0405. The van der Waals surface area contributed by atoms with Gasteiger partial charge in [0.1, 0.15) is 0 Å². The van der Waals surface area contributed by atoms with Gasteiger partial charge in [0.25, 0.3) is 23.6 Å². The fourth-order valence-electron chi connectivity index (χ4n) is 7.94. The van der Waals surface area contributed by atoms with Crippen LogP contribution in [0.15, 0.2) is 73.8 Å². The van der Waals surface area contributed by atoms with E-state index < -0.39 is 0 Å². The van der Waals surface area contributed by atoms with Gasteiger partial charge in [0.15, 0.2) is 0 Å². The lowest BCUT2D eigenvalue weighted by molar-refractivity contribution is 0.0521. The number of hydrogen-bond acceptors (Lipinski definition) is 4. The minimum Gasteiger partial charge on any atom is -0.274 e. The Morgan fingerprint density at radius 2 is 0.957 bits per heavy atom. The lowest BCUT2D eigenvalue weighted by Crippen LogP contribution is -2.47. The monoisotopic (exact) mass is 624 g/mol. The second kappa shape index (κ2) is 12.4. The van der Waals surface area contributed by atoms with Gasteiger partial charge in [0.05, 0.1) is 0 Å². The van der Waals surface area contributed by atoms with Crippen molar-refractivity contribution in [1.82, 2.24) is 9.80 Å². The molecule has 2 heterocycles. The van der Waals surface area contributed by atoms with Crippen LogP contribution in [0.25, 0.3) is 43.1 Å². The summed E-state index contributed by atoms with van der Waals surface area (Å²) in [6, 6.07) is 15.0. The predicted octanol–water partition coefficient (Wildman–Crippen LogP) is 9.59. The van der Waals surface area contributed by atoms with E-state index in [1.165, 1.54) is 29.1 Å². The van der Waals surface area contributed by atoms with E-state index in [4.69, 9.17) is 0 Å². The summed E-state index contributed by atoms with van der Waals surface area (Å²) in [7, 11) is 0. The number of carbonyl (C=O) groups excluding carboxylic acids is 4. The van der Waals surface area contributed by atoms with Crippen LogP contribution in [0.1, 0.15) is 113 Å². The highest BCUT2D eigenvalue weighted by molar-refractivity contribution is 6.41. The second-order valence-corrected chi connectivity index (χ2v) is 13.0. The molecule has 7 rings (SSSR count). The van der Waals surface area contributed by atoms with E-state index in [1.807, 2.05) is 60.7 Å². The number of hydrogen-bond donors (Lipinski definition) is 0. The molecule has 6 heteroatoms. The van der Waals surface area contributed by atoms with Gasteiger partial charge in [0.2, 0.25) is 0 Å². The van der Waals surface area contributed by atoms with Crippen LogP contribution in [-0.4, -0.2) is 46.0 Å². The third-order valence-electron chi connectivity index (χ3n) is 10.3. The molecule has 47 heavy (non-hydrogen) atoms. The summed E-state index contributed by atoms with van der Waals surface area (Å²) in [4.78, 5) is 58.6. The first-order chi connectivity index (χ1) is 22.9. The Morgan fingerprint density at radius 1 is 0.553 bits per heavy atom. The molecule has 6 nitrogen and oxygen atoms in total. The van der Waals surface area contributed by atoms with Gasteiger partial charge in [-0.25, -0.2) is 0 Å². The molecule has 0 aliphatic carbocycles. The fraction of sp³-hybridized carbons (Fsp3) is 0.317. The molecule has 0 saturated carbocycles. The van der Waals surface area contributed by atoms with Crippen molar-refractivity contribution < 1.29 is 19.2 Å². The Bertz CT molecular complexity index is 1990. The van der Waals surface area contributed by atoms with E-state index in [-0.39, 0.29) is 29.7 Å². The van der Waals surface area contributed by atoms with Crippen LogP contribution in [0.5, 0.6) is 0 Å². The number of amides is 4. The number of imide groups is 2. The maximum Gasteiger partial charge on any atom is 0.261 e. The highest BCUT2D eigenvalue weighted by atomic mass is 16.2. The van der Waals surface area contributed by atoms with Crippen LogP contribution >= 0.6 is 0 Å². The van der Waals surface area contributed by atoms with Gasteiger partial charge >= 0.3 is 0 Å². The van der Waals surface area contributed by atoms with Crippen LogP contribution < -0.4 is 0 Å². The van der Waals surface area contributed by atoms with Crippen molar-refractivity contribution in [3.8, 4) is 0 Å². The lowest BCUT2D eigenvalue weighted by Gasteiger charge is -2.34. The molecule has 0 fully saturated rings. The molecule has 4 amide bonds. The van der Waals surface area contributed by atoms with Gasteiger partial charge in [-0.15, -0.1) is 13.2 Å². The molecule has 0 radical (unpaired) electrons. The second-order valence-electron chi connectivity index (χ2n) is 13.0. The Kier molecular flexibility index (Phi) is 8.13. The van der Waals surface area contributed by atoms with Crippen LogP contribution in [0.3, 0.4) is 0 Å². The maximum atomic E-state index is 14.1. The number of fused-ring (bicyclic) bond motifs is 2. The van der Waals surface area contributed by atoms with E-state index in [2.05, 4.69) is 20.1 Å². The summed E-state index contributed by atoms with van der Waals surface area (Å²) >= 11 is 0. The number of rotatable bonds is 14. The van der Waals surface area contributed by atoms with Crippen molar-refractivity contribution in [1.29, 1.82) is 0 Å². The smallest absolute Gasteiger partial charge is 0.261 e. The Labute approximate surface area is 275 Å². The molecule has 0 unspecified atom stereocenters. The molecule has 2 aliphatic rings. The molecule has 5 aromatic rings. The van der Waals surface area contributed by atoms with Crippen molar-refractivity contribution in [3.05, 3.63) is 96.1 Å². The largest absolute Gasteiger partial charge is 0.274 e. The van der Waals surface area contributed by atoms with Crippen LogP contribution in [0.2, 0.25) is 0 Å². The first-order valence-electron chi connectivity index (χ1n) is 17.1. The maximum absolute atomic E-state index is 14.1. The molecule has 0 saturated heterocycles. The van der Waals surface area contributed by atoms with E-state index in [0.29, 0.717) is 65.3 Å². The summed E-state index contributed by atoms with van der Waals surface area (Å²) < 4.78 is 0. The molecule has 5 aromatic carbocycles. The SMILES string of the molecule is C=CCCC(CCC=C)N1C(=O)c2ccc3c4ccc5c6c(ccc(c7ccc(c2c37)C1=O)c64)C(=O)N(CCCCCCCC)C5=O. The van der Waals surface area contributed by atoms with Crippen LogP contribution in [-0.2, 0) is 0 Å². The van der Waals surface area contributed by atoms with E-state index in [1.54, 1.807) is 0 Å². The summed E-state index contributed by atoms with van der Waals surface area (Å²) in [6.45, 7) is 10.3. The lowest BCUT2D eigenvalue weighted by atomic mass is 9.82. The number of benzene rings is 5. The van der Waals surface area contributed by atoms with E-state index in [0.717, 1.165) is 51.6 Å². The zero-order chi connectivity index (χ0) is 32.8. The van der Waals surface area contributed by atoms with Gasteiger partial charge in [-0.2, -0.15) is 0 Å². The Morgan fingerprint density at radius 3 is 1.38 bits per heavy atom. The number of allylic oxidation sites excluding steroid dienone is 2. The van der Waals surface area contributed by atoms with Crippen molar-refractivity contribution in [2.45, 2.75) is 77.2 Å². The zero-order valence-electron chi connectivity index (χ0n) is 27.1. The van der Waals surface area contributed by atoms with Crippen LogP contribution in [0.4, 0.5) is 0 Å². The topological polar surface area (TPSA) is 74.8 Å². The third kappa shape index (κ3) is 4.76. The standard InChI is InChI=1S/C41H40N2O4/c1-4-7-10-11-12-13-24-42-38(44)30-20-16-26-28-18-22-32-37-33(41(47)43(40(32)46)25(14-8-5-2)15-9-6-3)23-19-29(35(28)37)27-17-21-31(39(42)45)36(30)34(26)27/h5-6,16-23,25H,2-4,7-15,24H2,1H3. The van der Waals surface area contributed by atoms with Crippen molar-refractivity contribution >= 4 is 66.7 Å². The minimum absolute atomic E-state index is 0.241. The summed E-state index contributed by atoms with van der Waals surface area (Å²) in [5.74, 6) is -1.03. The normalized spacial score (nSPS) is 14.6. The molecule has 0 spiro atoms. The average molecular weight is 625 g/mol. The highest BCUT2D eigenvalue weighted by Gasteiger charge is 2.39. The molecular weight excluding hydrogens is 584 g/mol. The summed E-state index contributed by atoms with van der Waals surface area (Å²) in [6.07, 6.45) is 12.8.